The Balaban J connectivity index is 2.13. The Hall–Kier alpha value is -1.71. The number of halogens is 2. The maximum absolute atomic E-state index is 11.8. The van der Waals surface area contributed by atoms with E-state index in [0.29, 0.717) is 10.0 Å². The first-order valence-corrected chi connectivity index (χ1v) is 6.52. The summed E-state index contributed by atoms with van der Waals surface area (Å²) in [5.74, 6) is -0.0651. The number of hydrogen-bond donors (Lipinski definition) is 1. The van der Waals surface area contributed by atoms with Crippen molar-refractivity contribution in [3.63, 3.8) is 0 Å². The Morgan fingerprint density at radius 1 is 1.05 bits per heavy atom. The van der Waals surface area contributed by atoms with Gasteiger partial charge in [-0.1, -0.05) is 29.3 Å². The van der Waals surface area contributed by atoms with Crippen LogP contribution in [0.25, 0.3) is 0 Å². The zero-order valence-electron chi connectivity index (χ0n) is 9.86. The number of rotatable bonds is 1. The van der Waals surface area contributed by atoms with Gasteiger partial charge in [0.1, 0.15) is 6.54 Å². The second-order valence-electron chi connectivity index (χ2n) is 4.25. The summed E-state index contributed by atoms with van der Waals surface area (Å²) >= 11 is 12.1. The average molecular weight is 293 g/mol. The number of anilines is 3. The van der Waals surface area contributed by atoms with Crippen LogP contribution in [0.1, 0.15) is 0 Å². The van der Waals surface area contributed by atoms with Gasteiger partial charge < -0.3 is 10.2 Å². The number of nitrogens with zero attached hydrogens (tertiary/aromatic N) is 1. The van der Waals surface area contributed by atoms with Crippen LogP contribution >= 0.6 is 23.2 Å². The number of benzene rings is 2. The molecule has 19 heavy (non-hydrogen) atoms. The van der Waals surface area contributed by atoms with Gasteiger partial charge in [-0.05, 0) is 36.4 Å². The van der Waals surface area contributed by atoms with Crippen LogP contribution in [0, 0.1) is 0 Å². The summed E-state index contributed by atoms with van der Waals surface area (Å²) in [6.45, 7) is 0.234. The van der Waals surface area contributed by atoms with E-state index in [1.54, 1.807) is 18.2 Å². The molecular formula is C14H10Cl2N2O. The Morgan fingerprint density at radius 2 is 1.79 bits per heavy atom. The molecule has 5 heteroatoms. The molecule has 3 nitrogen and oxygen atoms in total. The molecule has 1 aliphatic rings. The van der Waals surface area contributed by atoms with Crippen molar-refractivity contribution in [3.05, 3.63) is 52.5 Å². The summed E-state index contributed by atoms with van der Waals surface area (Å²) in [7, 11) is 0. The highest BCUT2D eigenvalue weighted by Crippen LogP contribution is 2.40. The molecule has 0 bridgehead atoms. The van der Waals surface area contributed by atoms with E-state index in [9.17, 15) is 4.79 Å². The fourth-order valence-corrected chi connectivity index (χ4v) is 2.55. The lowest BCUT2D eigenvalue weighted by Crippen LogP contribution is -2.35. The highest BCUT2D eigenvalue weighted by Gasteiger charge is 2.25. The van der Waals surface area contributed by atoms with Gasteiger partial charge in [-0.15, -0.1) is 0 Å². The molecule has 0 saturated heterocycles. The second-order valence-corrected chi connectivity index (χ2v) is 5.09. The minimum atomic E-state index is -0.0651. The van der Waals surface area contributed by atoms with Gasteiger partial charge in [0.25, 0.3) is 0 Å². The third-order valence-corrected chi connectivity index (χ3v) is 3.53. The molecule has 2 aromatic carbocycles. The predicted molar refractivity (Wildman–Crippen MR) is 78.5 cm³/mol. The van der Waals surface area contributed by atoms with Crippen LogP contribution in [-0.4, -0.2) is 12.5 Å². The zero-order valence-corrected chi connectivity index (χ0v) is 11.4. The molecule has 1 amide bonds. The normalized spacial score (nSPS) is 14.0. The summed E-state index contributed by atoms with van der Waals surface area (Å²) in [6.07, 6.45) is 0. The SMILES string of the molecule is O=C1CN(c2ccc(Cl)cc2)c2c(Cl)cccc2N1. The lowest BCUT2D eigenvalue weighted by molar-refractivity contribution is -0.115. The van der Waals surface area contributed by atoms with Gasteiger partial charge >= 0.3 is 0 Å². The van der Waals surface area contributed by atoms with Crippen LogP contribution < -0.4 is 10.2 Å². The molecule has 2 aromatic rings. The van der Waals surface area contributed by atoms with E-state index < -0.39 is 0 Å². The molecule has 3 rings (SSSR count). The standard InChI is InChI=1S/C14H10Cl2N2O/c15-9-4-6-10(7-5-9)18-8-13(19)17-12-3-1-2-11(16)14(12)18/h1-7H,8H2,(H,17,19). The van der Waals surface area contributed by atoms with Gasteiger partial charge in [0.05, 0.1) is 16.4 Å². The Morgan fingerprint density at radius 3 is 2.53 bits per heavy atom. The van der Waals surface area contributed by atoms with E-state index >= 15 is 0 Å². The molecular weight excluding hydrogens is 283 g/mol. The smallest absolute Gasteiger partial charge is 0.244 e. The maximum atomic E-state index is 11.8. The van der Waals surface area contributed by atoms with Crippen molar-refractivity contribution in [3.8, 4) is 0 Å². The molecule has 0 spiro atoms. The Labute approximate surface area is 120 Å². The lowest BCUT2D eigenvalue weighted by atomic mass is 10.1. The highest BCUT2D eigenvalue weighted by molar-refractivity contribution is 6.34. The lowest BCUT2D eigenvalue weighted by Gasteiger charge is -2.31. The number of para-hydroxylation sites is 1. The monoisotopic (exact) mass is 292 g/mol. The first-order chi connectivity index (χ1) is 9.15. The van der Waals surface area contributed by atoms with Gasteiger partial charge in [0, 0.05) is 10.7 Å². The summed E-state index contributed by atoms with van der Waals surface area (Å²) in [4.78, 5) is 13.6. The summed E-state index contributed by atoms with van der Waals surface area (Å²) < 4.78 is 0. The third kappa shape index (κ3) is 2.27. The van der Waals surface area contributed by atoms with Crippen LogP contribution in [0.4, 0.5) is 17.1 Å². The number of carbonyl (C=O) groups is 1. The second kappa shape index (κ2) is 4.76. The summed E-state index contributed by atoms with van der Waals surface area (Å²) in [5.41, 5.74) is 2.42. The van der Waals surface area contributed by atoms with E-state index in [-0.39, 0.29) is 12.5 Å². The number of nitrogens with one attached hydrogen (secondary N) is 1. The minimum absolute atomic E-state index is 0.0651. The van der Waals surface area contributed by atoms with Gasteiger partial charge in [-0.3, -0.25) is 4.79 Å². The van der Waals surface area contributed by atoms with Gasteiger partial charge in [0.15, 0.2) is 0 Å². The van der Waals surface area contributed by atoms with Gasteiger partial charge in [-0.2, -0.15) is 0 Å². The molecule has 0 aliphatic carbocycles. The maximum Gasteiger partial charge on any atom is 0.244 e. The minimum Gasteiger partial charge on any atom is -0.329 e. The molecule has 1 aliphatic heterocycles. The molecule has 1 heterocycles. The molecule has 0 unspecified atom stereocenters. The third-order valence-electron chi connectivity index (χ3n) is 2.97. The zero-order chi connectivity index (χ0) is 13.4. The van der Waals surface area contributed by atoms with E-state index in [2.05, 4.69) is 5.32 Å². The van der Waals surface area contributed by atoms with Crippen molar-refractivity contribution >= 4 is 46.2 Å². The fraction of sp³-hybridized carbons (Fsp3) is 0.0714. The first kappa shape index (κ1) is 12.3. The first-order valence-electron chi connectivity index (χ1n) is 5.76. The number of carbonyl (C=O) groups excluding carboxylic acids is 1. The summed E-state index contributed by atoms with van der Waals surface area (Å²) in [5, 5.41) is 4.08. The quantitative estimate of drug-likeness (QED) is 0.859. The van der Waals surface area contributed by atoms with Crippen LogP contribution in [0.2, 0.25) is 10.0 Å². The van der Waals surface area contributed by atoms with Crippen LogP contribution in [0.5, 0.6) is 0 Å². The highest BCUT2D eigenvalue weighted by atomic mass is 35.5. The molecule has 1 N–H and O–H groups in total. The molecule has 0 aromatic heterocycles. The fourth-order valence-electron chi connectivity index (χ4n) is 2.14. The molecule has 0 fully saturated rings. The van der Waals surface area contributed by atoms with Crippen molar-refractivity contribution in [2.45, 2.75) is 0 Å². The van der Waals surface area contributed by atoms with Crippen molar-refractivity contribution in [2.75, 3.05) is 16.8 Å². The number of fused-ring (bicyclic) bond motifs is 1. The number of amides is 1. The van der Waals surface area contributed by atoms with Crippen molar-refractivity contribution in [1.29, 1.82) is 0 Å². The van der Waals surface area contributed by atoms with E-state index in [0.717, 1.165) is 17.1 Å². The van der Waals surface area contributed by atoms with Crippen LogP contribution in [0.15, 0.2) is 42.5 Å². The molecule has 0 saturated carbocycles. The largest absolute Gasteiger partial charge is 0.329 e. The van der Waals surface area contributed by atoms with Crippen LogP contribution in [-0.2, 0) is 4.79 Å². The van der Waals surface area contributed by atoms with Gasteiger partial charge in [-0.25, -0.2) is 0 Å². The average Bonchev–Trinajstić information content (AvgIpc) is 2.38. The van der Waals surface area contributed by atoms with Crippen molar-refractivity contribution in [1.82, 2.24) is 0 Å². The van der Waals surface area contributed by atoms with E-state index in [1.165, 1.54) is 0 Å². The van der Waals surface area contributed by atoms with Gasteiger partial charge in [0.2, 0.25) is 5.91 Å². The van der Waals surface area contributed by atoms with Crippen LogP contribution in [0.3, 0.4) is 0 Å². The van der Waals surface area contributed by atoms with Crippen molar-refractivity contribution < 1.29 is 4.79 Å². The Kier molecular flexibility index (Phi) is 3.09. The van der Waals surface area contributed by atoms with E-state index in [1.807, 2.05) is 29.2 Å². The molecule has 96 valence electrons. The van der Waals surface area contributed by atoms with Crippen molar-refractivity contribution in [2.24, 2.45) is 0 Å². The molecule has 0 atom stereocenters. The van der Waals surface area contributed by atoms with E-state index in [4.69, 9.17) is 23.2 Å². The molecule has 0 radical (unpaired) electrons. The summed E-state index contributed by atoms with van der Waals surface area (Å²) in [6, 6.07) is 12.8. The topological polar surface area (TPSA) is 32.3 Å². The Bertz CT molecular complexity index is 640. The predicted octanol–water partition coefficient (Wildman–Crippen LogP) is 4.08. The number of hydrogen-bond acceptors (Lipinski definition) is 2.